The van der Waals surface area contributed by atoms with Crippen LogP contribution in [-0.2, 0) is 4.79 Å². The molecule has 0 saturated carbocycles. The predicted molar refractivity (Wildman–Crippen MR) is 51.0 cm³/mol. The van der Waals surface area contributed by atoms with Gasteiger partial charge in [0.15, 0.2) is 11.5 Å². The molecule has 0 N–H and O–H groups in total. The molecule has 0 saturated heterocycles. The third-order valence-electron chi connectivity index (χ3n) is 1.88. The predicted octanol–water partition coefficient (Wildman–Crippen LogP) is 1.13. The molecule has 0 bridgehead atoms. The van der Waals surface area contributed by atoms with Crippen LogP contribution in [0.25, 0.3) is 0 Å². The van der Waals surface area contributed by atoms with Gasteiger partial charge in [-0.1, -0.05) is 0 Å². The molecule has 5 nitrogen and oxygen atoms in total. The van der Waals surface area contributed by atoms with E-state index in [1.165, 1.54) is 6.08 Å². The van der Waals surface area contributed by atoms with E-state index in [1.807, 2.05) is 0 Å². The molecule has 78 valence electrons. The molecule has 0 aliphatic carbocycles. The molecule has 1 aromatic rings. The van der Waals surface area contributed by atoms with Crippen LogP contribution < -0.4 is 14.2 Å². The van der Waals surface area contributed by atoms with Gasteiger partial charge in [-0.2, -0.15) is 0 Å². The zero-order chi connectivity index (χ0) is 10.5. The molecule has 0 spiro atoms. The van der Waals surface area contributed by atoms with Crippen LogP contribution in [0.3, 0.4) is 0 Å². The van der Waals surface area contributed by atoms with E-state index in [0.717, 1.165) is 0 Å². The van der Waals surface area contributed by atoms with Crippen LogP contribution in [0.4, 0.5) is 0 Å². The molecule has 0 unspecified atom stereocenters. The maximum Gasteiger partial charge on any atom is 0.235 e. The van der Waals surface area contributed by atoms with Crippen molar-refractivity contribution in [3.8, 4) is 17.2 Å². The molecule has 1 aliphatic heterocycles. The molecule has 2 rings (SSSR count). The summed E-state index contributed by atoms with van der Waals surface area (Å²) < 4.78 is 15.7. The van der Waals surface area contributed by atoms with E-state index in [9.17, 15) is 4.79 Å². The Balaban J connectivity index is 1.95. The standard InChI is InChI=1S/C10H9NO4/c12-6-11-3-4-13-8-1-2-9-10(5-8)15-7-14-9/h1-2,5H,3-4,7H2. The third kappa shape index (κ3) is 2.27. The van der Waals surface area contributed by atoms with Crippen molar-refractivity contribution >= 4 is 6.08 Å². The van der Waals surface area contributed by atoms with Gasteiger partial charge in [-0.25, -0.2) is 9.79 Å². The van der Waals surface area contributed by atoms with Crippen molar-refractivity contribution in [2.75, 3.05) is 19.9 Å². The fourth-order valence-electron chi connectivity index (χ4n) is 1.22. The van der Waals surface area contributed by atoms with Crippen molar-refractivity contribution in [1.82, 2.24) is 0 Å². The molecular formula is C10H9NO4. The van der Waals surface area contributed by atoms with E-state index in [-0.39, 0.29) is 6.79 Å². The number of nitrogens with zero attached hydrogens (tertiary/aromatic N) is 1. The van der Waals surface area contributed by atoms with Crippen LogP contribution >= 0.6 is 0 Å². The number of hydrogen-bond acceptors (Lipinski definition) is 5. The maximum atomic E-state index is 9.79. The van der Waals surface area contributed by atoms with Crippen molar-refractivity contribution in [2.45, 2.75) is 0 Å². The van der Waals surface area contributed by atoms with Gasteiger partial charge in [0, 0.05) is 6.07 Å². The summed E-state index contributed by atoms with van der Waals surface area (Å²) in [5.74, 6) is 2.06. The molecular weight excluding hydrogens is 198 g/mol. The van der Waals surface area contributed by atoms with Crippen molar-refractivity contribution < 1.29 is 19.0 Å². The number of benzene rings is 1. The number of aliphatic imine (C=N–C) groups is 1. The summed E-state index contributed by atoms with van der Waals surface area (Å²) >= 11 is 0. The Labute approximate surface area is 86.3 Å². The lowest BCUT2D eigenvalue weighted by Gasteiger charge is -2.04. The summed E-state index contributed by atoms with van der Waals surface area (Å²) in [6.07, 6.45) is 1.45. The van der Waals surface area contributed by atoms with Crippen LogP contribution in [0.15, 0.2) is 23.2 Å². The van der Waals surface area contributed by atoms with Gasteiger partial charge in [0.05, 0.1) is 6.54 Å². The Bertz CT molecular complexity index is 398. The van der Waals surface area contributed by atoms with E-state index >= 15 is 0 Å². The highest BCUT2D eigenvalue weighted by atomic mass is 16.7. The Kier molecular flexibility index (Phi) is 2.85. The highest BCUT2D eigenvalue weighted by Crippen LogP contribution is 2.34. The van der Waals surface area contributed by atoms with E-state index in [0.29, 0.717) is 30.4 Å². The first-order chi connectivity index (χ1) is 7.40. The SMILES string of the molecule is O=C=NCCOc1ccc2c(c1)OCO2. The Morgan fingerprint density at radius 2 is 2.27 bits per heavy atom. The largest absolute Gasteiger partial charge is 0.491 e. The second kappa shape index (κ2) is 4.48. The van der Waals surface area contributed by atoms with Gasteiger partial charge < -0.3 is 14.2 Å². The molecule has 0 aromatic heterocycles. The summed E-state index contributed by atoms with van der Waals surface area (Å²) in [6, 6.07) is 5.30. The van der Waals surface area contributed by atoms with Crippen LogP contribution in [0.5, 0.6) is 17.2 Å². The molecule has 15 heavy (non-hydrogen) atoms. The molecule has 0 atom stereocenters. The first-order valence-corrected chi connectivity index (χ1v) is 4.46. The van der Waals surface area contributed by atoms with Gasteiger partial charge in [0.2, 0.25) is 12.9 Å². The first kappa shape index (κ1) is 9.55. The number of rotatable bonds is 4. The van der Waals surface area contributed by atoms with Crippen LogP contribution in [0.1, 0.15) is 0 Å². The molecule has 5 heteroatoms. The minimum absolute atomic E-state index is 0.244. The summed E-state index contributed by atoms with van der Waals surface area (Å²) in [7, 11) is 0. The summed E-state index contributed by atoms with van der Waals surface area (Å²) in [5.41, 5.74) is 0. The van der Waals surface area contributed by atoms with Crippen molar-refractivity contribution in [2.24, 2.45) is 4.99 Å². The van der Waals surface area contributed by atoms with E-state index in [2.05, 4.69) is 4.99 Å². The zero-order valence-corrected chi connectivity index (χ0v) is 7.93. The van der Waals surface area contributed by atoms with Gasteiger partial charge in [0.25, 0.3) is 0 Å². The average molecular weight is 207 g/mol. The fourth-order valence-corrected chi connectivity index (χ4v) is 1.22. The quantitative estimate of drug-likeness (QED) is 0.422. The van der Waals surface area contributed by atoms with Gasteiger partial charge >= 0.3 is 0 Å². The van der Waals surface area contributed by atoms with E-state index in [1.54, 1.807) is 18.2 Å². The van der Waals surface area contributed by atoms with E-state index < -0.39 is 0 Å². The minimum Gasteiger partial charge on any atom is -0.491 e. The highest BCUT2D eigenvalue weighted by molar-refractivity contribution is 5.46. The fraction of sp³-hybridized carbons (Fsp3) is 0.300. The zero-order valence-electron chi connectivity index (χ0n) is 7.93. The maximum absolute atomic E-state index is 9.79. The highest BCUT2D eigenvalue weighted by Gasteiger charge is 2.13. The van der Waals surface area contributed by atoms with Crippen LogP contribution in [0, 0.1) is 0 Å². The molecule has 0 amide bonds. The first-order valence-electron chi connectivity index (χ1n) is 4.46. The smallest absolute Gasteiger partial charge is 0.235 e. The summed E-state index contributed by atoms with van der Waals surface area (Å²) in [6.45, 7) is 0.890. The van der Waals surface area contributed by atoms with Crippen molar-refractivity contribution in [3.05, 3.63) is 18.2 Å². The van der Waals surface area contributed by atoms with E-state index in [4.69, 9.17) is 14.2 Å². The Morgan fingerprint density at radius 3 is 3.13 bits per heavy atom. The number of carbonyl (C=O) groups excluding carboxylic acids is 1. The van der Waals surface area contributed by atoms with Gasteiger partial charge in [-0.15, -0.1) is 0 Å². The topological polar surface area (TPSA) is 57.1 Å². The van der Waals surface area contributed by atoms with Crippen LogP contribution in [0.2, 0.25) is 0 Å². The van der Waals surface area contributed by atoms with Crippen molar-refractivity contribution in [1.29, 1.82) is 0 Å². The second-order valence-corrected chi connectivity index (χ2v) is 2.84. The summed E-state index contributed by atoms with van der Waals surface area (Å²) in [4.78, 5) is 13.2. The Hall–Kier alpha value is -2.00. The van der Waals surface area contributed by atoms with Gasteiger partial charge in [-0.3, -0.25) is 0 Å². The molecule has 0 radical (unpaired) electrons. The number of ether oxygens (including phenoxy) is 3. The average Bonchev–Trinajstić information content (AvgIpc) is 2.71. The Morgan fingerprint density at radius 1 is 1.40 bits per heavy atom. The molecule has 1 heterocycles. The minimum atomic E-state index is 0.244. The molecule has 1 aromatic carbocycles. The lowest BCUT2D eigenvalue weighted by Crippen LogP contribution is -2.00. The molecule has 1 aliphatic rings. The monoisotopic (exact) mass is 207 g/mol. The molecule has 0 fully saturated rings. The normalized spacial score (nSPS) is 12.0. The number of isocyanates is 1. The number of hydrogen-bond donors (Lipinski definition) is 0. The second-order valence-electron chi connectivity index (χ2n) is 2.84. The third-order valence-corrected chi connectivity index (χ3v) is 1.88. The van der Waals surface area contributed by atoms with Gasteiger partial charge in [0.1, 0.15) is 12.4 Å². The van der Waals surface area contributed by atoms with Crippen molar-refractivity contribution in [3.63, 3.8) is 0 Å². The lowest BCUT2D eigenvalue weighted by molar-refractivity contribution is 0.174. The van der Waals surface area contributed by atoms with Gasteiger partial charge in [-0.05, 0) is 12.1 Å². The number of fused-ring (bicyclic) bond motifs is 1. The summed E-state index contributed by atoms with van der Waals surface area (Å²) in [5, 5.41) is 0. The lowest BCUT2D eigenvalue weighted by atomic mass is 10.3. The van der Waals surface area contributed by atoms with Crippen LogP contribution in [-0.4, -0.2) is 26.0 Å².